The van der Waals surface area contributed by atoms with Gasteiger partial charge in [-0.3, -0.25) is 4.79 Å². The molecule has 2 fully saturated rings. The molecule has 0 spiro atoms. The Morgan fingerprint density at radius 3 is 2.26 bits per heavy atom. The predicted molar refractivity (Wildman–Crippen MR) is 75.4 cm³/mol. The molecule has 2 aliphatic rings. The second-order valence-corrected chi connectivity index (χ2v) is 6.19. The van der Waals surface area contributed by atoms with Crippen molar-refractivity contribution in [1.82, 2.24) is 0 Å². The van der Waals surface area contributed by atoms with E-state index in [0.29, 0.717) is 5.92 Å². The minimum absolute atomic E-state index is 0.232. The van der Waals surface area contributed by atoms with Gasteiger partial charge in [0.25, 0.3) is 0 Å². The molecule has 1 N–H and O–H groups in total. The highest BCUT2D eigenvalue weighted by molar-refractivity contribution is 5.68. The van der Waals surface area contributed by atoms with Gasteiger partial charge in [-0.15, -0.1) is 0 Å². The molecule has 0 heterocycles. The first-order chi connectivity index (χ1) is 9.24. The molecule has 19 heavy (non-hydrogen) atoms. The Morgan fingerprint density at radius 2 is 1.74 bits per heavy atom. The van der Waals surface area contributed by atoms with Gasteiger partial charge in [-0.05, 0) is 54.6 Å². The highest BCUT2D eigenvalue weighted by Crippen LogP contribution is 2.45. The Kier molecular flexibility index (Phi) is 3.58. The standard InChI is InChI=1S/C17H22O2/c18-17(19)11-16(15-9-10-15)14-7-5-13(6-8-14)12-3-1-2-4-12/h5-8,12,15-16H,1-4,9-11H2,(H,18,19). The van der Waals surface area contributed by atoms with Crippen molar-refractivity contribution in [2.45, 2.75) is 56.8 Å². The number of benzene rings is 1. The lowest BCUT2D eigenvalue weighted by atomic mass is 9.88. The summed E-state index contributed by atoms with van der Waals surface area (Å²) in [7, 11) is 0. The first kappa shape index (κ1) is 12.7. The number of hydrogen-bond donors (Lipinski definition) is 1. The van der Waals surface area contributed by atoms with Gasteiger partial charge >= 0.3 is 5.97 Å². The first-order valence-corrected chi connectivity index (χ1v) is 7.55. The van der Waals surface area contributed by atoms with Crippen LogP contribution in [-0.2, 0) is 4.79 Å². The molecule has 2 heteroatoms. The average molecular weight is 258 g/mol. The van der Waals surface area contributed by atoms with Crippen LogP contribution in [0.25, 0.3) is 0 Å². The molecule has 0 saturated heterocycles. The zero-order chi connectivity index (χ0) is 13.2. The SMILES string of the molecule is O=C(O)CC(c1ccc(C2CCCC2)cc1)C1CC1. The number of carboxylic acids is 1. The Morgan fingerprint density at radius 1 is 1.11 bits per heavy atom. The summed E-state index contributed by atoms with van der Waals surface area (Å²) in [6, 6.07) is 8.84. The summed E-state index contributed by atoms with van der Waals surface area (Å²) >= 11 is 0. The summed E-state index contributed by atoms with van der Waals surface area (Å²) in [5.41, 5.74) is 2.68. The third-order valence-electron chi connectivity index (χ3n) is 4.78. The van der Waals surface area contributed by atoms with E-state index in [1.54, 1.807) is 0 Å². The van der Waals surface area contributed by atoms with Gasteiger partial charge < -0.3 is 5.11 Å². The molecule has 1 unspecified atom stereocenters. The van der Waals surface area contributed by atoms with Crippen molar-refractivity contribution < 1.29 is 9.90 Å². The van der Waals surface area contributed by atoms with Crippen molar-refractivity contribution in [3.63, 3.8) is 0 Å². The fourth-order valence-corrected chi connectivity index (χ4v) is 3.52. The van der Waals surface area contributed by atoms with E-state index in [1.807, 2.05) is 0 Å². The molecule has 1 atom stereocenters. The molecular weight excluding hydrogens is 236 g/mol. The van der Waals surface area contributed by atoms with E-state index in [4.69, 9.17) is 5.11 Å². The Bertz CT molecular complexity index is 439. The predicted octanol–water partition coefficient (Wildman–Crippen LogP) is 4.31. The van der Waals surface area contributed by atoms with Crippen LogP contribution >= 0.6 is 0 Å². The summed E-state index contributed by atoms with van der Waals surface area (Å²) < 4.78 is 0. The van der Waals surface area contributed by atoms with Gasteiger partial charge in [-0.2, -0.15) is 0 Å². The lowest BCUT2D eigenvalue weighted by molar-refractivity contribution is -0.137. The number of hydrogen-bond acceptors (Lipinski definition) is 1. The summed E-state index contributed by atoms with van der Waals surface area (Å²) in [5, 5.41) is 9.05. The van der Waals surface area contributed by atoms with Crippen molar-refractivity contribution in [3.8, 4) is 0 Å². The van der Waals surface area contributed by atoms with Gasteiger partial charge in [0.2, 0.25) is 0 Å². The molecule has 102 valence electrons. The van der Waals surface area contributed by atoms with Crippen LogP contribution < -0.4 is 0 Å². The van der Waals surface area contributed by atoms with Crippen LogP contribution in [-0.4, -0.2) is 11.1 Å². The van der Waals surface area contributed by atoms with E-state index < -0.39 is 5.97 Å². The fourth-order valence-electron chi connectivity index (χ4n) is 3.52. The lowest BCUT2D eigenvalue weighted by Gasteiger charge is -2.16. The largest absolute Gasteiger partial charge is 0.481 e. The molecule has 1 aromatic carbocycles. The molecule has 0 bridgehead atoms. The Labute approximate surface area is 114 Å². The van der Waals surface area contributed by atoms with E-state index in [2.05, 4.69) is 24.3 Å². The van der Waals surface area contributed by atoms with Crippen molar-refractivity contribution >= 4 is 5.97 Å². The second-order valence-electron chi connectivity index (χ2n) is 6.19. The maximum absolute atomic E-state index is 11.0. The van der Waals surface area contributed by atoms with Crippen molar-refractivity contribution in [3.05, 3.63) is 35.4 Å². The van der Waals surface area contributed by atoms with Crippen LogP contribution in [0, 0.1) is 5.92 Å². The van der Waals surface area contributed by atoms with E-state index in [9.17, 15) is 4.79 Å². The molecule has 0 aromatic heterocycles. The summed E-state index contributed by atoms with van der Waals surface area (Å²) in [6.07, 6.45) is 8.03. The topological polar surface area (TPSA) is 37.3 Å². The van der Waals surface area contributed by atoms with Gasteiger partial charge in [-0.25, -0.2) is 0 Å². The van der Waals surface area contributed by atoms with Crippen LogP contribution in [0.4, 0.5) is 0 Å². The van der Waals surface area contributed by atoms with Crippen LogP contribution in [0.5, 0.6) is 0 Å². The average Bonchev–Trinajstić information content (AvgIpc) is 3.10. The Balaban J connectivity index is 1.74. The minimum atomic E-state index is -0.670. The van der Waals surface area contributed by atoms with Gasteiger partial charge in [0.05, 0.1) is 6.42 Å². The molecule has 0 amide bonds. The van der Waals surface area contributed by atoms with Gasteiger partial charge in [0.1, 0.15) is 0 Å². The molecular formula is C17H22O2. The third-order valence-corrected chi connectivity index (χ3v) is 4.78. The second kappa shape index (κ2) is 5.36. The zero-order valence-corrected chi connectivity index (χ0v) is 11.3. The Hall–Kier alpha value is -1.31. The minimum Gasteiger partial charge on any atom is -0.481 e. The van der Waals surface area contributed by atoms with Crippen LogP contribution in [0.15, 0.2) is 24.3 Å². The van der Waals surface area contributed by atoms with Gasteiger partial charge in [0.15, 0.2) is 0 Å². The molecule has 2 saturated carbocycles. The maximum atomic E-state index is 11.0. The van der Waals surface area contributed by atoms with E-state index in [0.717, 1.165) is 5.92 Å². The van der Waals surface area contributed by atoms with Crippen LogP contribution in [0.2, 0.25) is 0 Å². The summed E-state index contributed by atoms with van der Waals surface area (Å²) in [6.45, 7) is 0. The fraction of sp³-hybridized carbons (Fsp3) is 0.588. The van der Waals surface area contributed by atoms with Crippen molar-refractivity contribution in [1.29, 1.82) is 0 Å². The monoisotopic (exact) mass is 258 g/mol. The van der Waals surface area contributed by atoms with Crippen molar-refractivity contribution in [2.75, 3.05) is 0 Å². The highest BCUT2D eigenvalue weighted by Gasteiger charge is 2.33. The molecule has 0 aliphatic heterocycles. The summed E-state index contributed by atoms with van der Waals surface area (Å²) in [4.78, 5) is 11.0. The highest BCUT2D eigenvalue weighted by atomic mass is 16.4. The molecule has 2 aliphatic carbocycles. The third kappa shape index (κ3) is 2.99. The number of carbonyl (C=O) groups is 1. The van der Waals surface area contributed by atoms with Crippen molar-refractivity contribution in [2.24, 2.45) is 5.92 Å². The van der Waals surface area contributed by atoms with E-state index in [-0.39, 0.29) is 12.3 Å². The van der Waals surface area contributed by atoms with Crippen LogP contribution in [0.3, 0.4) is 0 Å². The smallest absolute Gasteiger partial charge is 0.303 e. The molecule has 3 rings (SSSR count). The zero-order valence-electron chi connectivity index (χ0n) is 11.3. The maximum Gasteiger partial charge on any atom is 0.303 e. The molecule has 1 aromatic rings. The first-order valence-electron chi connectivity index (χ1n) is 7.55. The van der Waals surface area contributed by atoms with Gasteiger partial charge in [0, 0.05) is 0 Å². The number of carboxylic acid groups (broad SMARTS) is 1. The van der Waals surface area contributed by atoms with Crippen LogP contribution in [0.1, 0.15) is 67.9 Å². The summed E-state index contributed by atoms with van der Waals surface area (Å²) in [5.74, 6) is 0.910. The normalized spacial score (nSPS) is 21.5. The molecule has 0 radical (unpaired) electrons. The van der Waals surface area contributed by atoms with E-state index >= 15 is 0 Å². The molecule has 2 nitrogen and oxygen atoms in total. The lowest BCUT2D eigenvalue weighted by Crippen LogP contribution is -2.08. The quantitative estimate of drug-likeness (QED) is 0.854. The number of aliphatic carboxylic acids is 1. The van der Waals surface area contributed by atoms with Gasteiger partial charge in [-0.1, -0.05) is 37.1 Å². The number of rotatable bonds is 5. The van der Waals surface area contributed by atoms with E-state index in [1.165, 1.54) is 49.7 Å².